The van der Waals surface area contributed by atoms with Crippen LogP contribution in [0.1, 0.15) is 32.1 Å². The molecular weight excluding hydrogens is 170 g/mol. The molecular formula is C9H17NO3. The van der Waals surface area contributed by atoms with E-state index in [-0.39, 0.29) is 12.6 Å². The molecule has 4 heteroatoms. The Kier molecular flexibility index (Phi) is 4.02. The normalized spacial score (nSPS) is 20.1. The number of nitrogens with one attached hydrogen (secondary N) is 1. The van der Waals surface area contributed by atoms with Crippen molar-refractivity contribution in [2.75, 3.05) is 6.61 Å². The van der Waals surface area contributed by atoms with E-state index in [2.05, 4.69) is 5.32 Å². The second kappa shape index (κ2) is 5.07. The van der Waals surface area contributed by atoms with Crippen LogP contribution in [-0.2, 0) is 0 Å². The fraction of sp³-hybridized carbons (Fsp3) is 0.889. The number of hydrogen-bond acceptors (Lipinski definition) is 2. The van der Waals surface area contributed by atoms with Gasteiger partial charge in [-0.15, -0.1) is 0 Å². The SMILES string of the molecule is O=C(O)NC(CO)CC1CCCC1. The Morgan fingerprint density at radius 1 is 1.46 bits per heavy atom. The molecule has 1 aliphatic carbocycles. The molecule has 0 aromatic carbocycles. The average molecular weight is 187 g/mol. The number of hydrogen-bond donors (Lipinski definition) is 3. The van der Waals surface area contributed by atoms with Crippen LogP contribution in [0.4, 0.5) is 4.79 Å². The summed E-state index contributed by atoms with van der Waals surface area (Å²) in [5, 5.41) is 19.7. The van der Waals surface area contributed by atoms with Gasteiger partial charge in [0.25, 0.3) is 0 Å². The highest BCUT2D eigenvalue weighted by atomic mass is 16.4. The van der Waals surface area contributed by atoms with Crippen molar-refractivity contribution in [2.45, 2.75) is 38.1 Å². The van der Waals surface area contributed by atoms with Crippen LogP contribution in [0.3, 0.4) is 0 Å². The summed E-state index contributed by atoms with van der Waals surface area (Å²) in [6, 6.07) is -0.277. The summed E-state index contributed by atoms with van der Waals surface area (Å²) in [6.45, 7) is -0.0944. The summed E-state index contributed by atoms with van der Waals surface area (Å²) < 4.78 is 0. The molecule has 0 aromatic rings. The Morgan fingerprint density at radius 2 is 2.08 bits per heavy atom. The van der Waals surface area contributed by atoms with Crippen LogP contribution < -0.4 is 5.32 Å². The topological polar surface area (TPSA) is 69.6 Å². The summed E-state index contributed by atoms with van der Waals surface area (Å²) in [5.41, 5.74) is 0. The standard InChI is InChI=1S/C9H17NO3/c11-6-8(10-9(12)13)5-7-3-1-2-4-7/h7-8,10-11H,1-6H2,(H,12,13). The van der Waals surface area contributed by atoms with Gasteiger partial charge in [-0.2, -0.15) is 0 Å². The Hall–Kier alpha value is -0.770. The van der Waals surface area contributed by atoms with Crippen LogP contribution in [0.25, 0.3) is 0 Å². The number of carbonyl (C=O) groups is 1. The highest BCUT2D eigenvalue weighted by Crippen LogP contribution is 2.28. The van der Waals surface area contributed by atoms with E-state index in [0.717, 1.165) is 6.42 Å². The number of aliphatic hydroxyl groups is 1. The van der Waals surface area contributed by atoms with Crippen LogP contribution in [-0.4, -0.2) is 29.0 Å². The third-order valence-corrected chi connectivity index (χ3v) is 2.64. The second-order valence-electron chi connectivity index (χ2n) is 3.72. The largest absolute Gasteiger partial charge is 0.465 e. The van der Waals surface area contributed by atoms with Crippen molar-refractivity contribution in [1.82, 2.24) is 5.32 Å². The Morgan fingerprint density at radius 3 is 2.54 bits per heavy atom. The molecule has 1 amide bonds. The fourth-order valence-corrected chi connectivity index (χ4v) is 2.00. The molecule has 0 bridgehead atoms. The lowest BCUT2D eigenvalue weighted by Gasteiger charge is -2.17. The number of carboxylic acid groups (broad SMARTS) is 1. The fourth-order valence-electron chi connectivity index (χ4n) is 2.00. The van der Waals surface area contributed by atoms with Gasteiger partial charge in [-0.25, -0.2) is 4.79 Å². The predicted octanol–water partition coefficient (Wildman–Crippen LogP) is 1.20. The zero-order valence-corrected chi connectivity index (χ0v) is 7.70. The first-order valence-electron chi connectivity index (χ1n) is 4.82. The molecule has 3 N–H and O–H groups in total. The molecule has 1 rings (SSSR count). The zero-order valence-electron chi connectivity index (χ0n) is 7.70. The highest BCUT2D eigenvalue weighted by Gasteiger charge is 2.20. The maximum atomic E-state index is 10.3. The highest BCUT2D eigenvalue weighted by molar-refractivity contribution is 5.64. The Balaban J connectivity index is 2.25. The van der Waals surface area contributed by atoms with Crippen LogP contribution in [0.5, 0.6) is 0 Å². The summed E-state index contributed by atoms with van der Waals surface area (Å²) in [5.74, 6) is 0.601. The van der Waals surface area contributed by atoms with Crippen LogP contribution in [0.15, 0.2) is 0 Å². The third-order valence-electron chi connectivity index (χ3n) is 2.64. The molecule has 13 heavy (non-hydrogen) atoms. The molecule has 0 spiro atoms. The van der Waals surface area contributed by atoms with E-state index in [1.165, 1.54) is 25.7 Å². The van der Waals surface area contributed by atoms with E-state index in [1.807, 2.05) is 0 Å². The van der Waals surface area contributed by atoms with E-state index in [9.17, 15) is 4.79 Å². The zero-order chi connectivity index (χ0) is 9.68. The van der Waals surface area contributed by atoms with Crippen molar-refractivity contribution in [3.8, 4) is 0 Å². The Labute approximate surface area is 78.0 Å². The number of rotatable bonds is 4. The first-order chi connectivity index (χ1) is 6.22. The lowest BCUT2D eigenvalue weighted by molar-refractivity contribution is 0.170. The lowest BCUT2D eigenvalue weighted by Crippen LogP contribution is -2.37. The van der Waals surface area contributed by atoms with Gasteiger partial charge in [0, 0.05) is 0 Å². The molecule has 0 saturated heterocycles. The van der Waals surface area contributed by atoms with E-state index >= 15 is 0 Å². The average Bonchev–Trinajstić information content (AvgIpc) is 2.55. The van der Waals surface area contributed by atoms with Gasteiger partial charge in [-0.05, 0) is 12.3 Å². The molecule has 0 radical (unpaired) electrons. The van der Waals surface area contributed by atoms with E-state index in [0.29, 0.717) is 5.92 Å². The van der Waals surface area contributed by atoms with Gasteiger partial charge in [0.2, 0.25) is 0 Å². The minimum absolute atomic E-state index is 0.0944. The molecule has 1 atom stereocenters. The monoisotopic (exact) mass is 187 g/mol. The van der Waals surface area contributed by atoms with Crippen molar-refractivity contribution in [2.24, 2.45) is 5.92 Å². The van der Waals surface area contributed by atoms with Crippen molar-refractivity contribution in [3.05, 3.63) is 0 Å². The van der Waals surface area contributed by atoms with Crippen molar-refractivity contribution in [1.29, 1.82) is 0 Å². The van der Waals surface area contributed by atoms with Crippen LogP contribution in [0.2, 0.25) is 0 Å². The molecule has 1 saturated carbocycles. The maximum absolute atomic E-state index is 10.3. The van der Waals surface area contributed by atoms with E-state index in [4.69, 9.17) is 10.2 Å². The van der Waals surface area contributed by atoms with Gasteiger partial charge in [0.05, 0.1) is 12.6 Å². The van der Waals surface area contributed by atoms with Crippen LogP contribution in [0, 0.1) is 5.92 Å². The molecule has 0 aromatic heterocycles. The number of amides is 1. The van der Waals surface area contributed by atoms with Gasteiger partial charge < -0.3 is 15.5 Å². The van der Waals surface area contributed by atoms with E-state index in [1.54, 1.807) is 0 Å². The van der Waals surface area contributed by atoms with Gasteiger partial charge >= 0.3 is 6.09 Å². The smallest absolute Gasteiger partial charge is 0.404 e. The molecule has 0 heterocycles. The van der Waals surface area contributed by atoms with Gasteiger partial charge in [-0.1, -0.05) is 25.7 Å². The lowest BCUT2D eigenvalue weighted by atomic mass is 9.99. The minimum atomic E-state index is -1.04. The molecule has 1 unspecified atom stereocenters. The molecule has 1 fully saturated rings. The number of aliphatic hydroxyl groups excluding tert-OH is 1. The summed E-state index contributed by atoms with van der Waals surface area (Å²) in [6.07, 6.45) is 4.58. The van der Waals surface area contributed by atoms with Crippen LogP contribution >= 0.6 is 0 Å². The second-order valence-corrected chi connectivity index (χ2v) is 3.72. The first-order valence-corrected chi connectivity index (χ1v) is 4.82. The van der Waals surface area contributed by atoms with Gasteiger partial charge in [0.1, 0.15) is 0 Å². The quantitative estimate of drug-likeness (QED) is 0.619. The van der Waals surface area contributed by atoms with Gasteiger partial charge in [0.15, 0.2) is 0 Å². The molecule has 76 valence electrons. The maximum Gasteiger partial charge on any atom is 0.404 e. The predicted molar refractivity (Wildman–Crippen MR) is 48.6 cm³/mol. The summed E-state index contributed by atoms with van der Waals surface area (Å²) in [7, 11) is 0. The minimum Gasteiger partial charge on any atom is -0.465 e. The van der Waals surface area contributed by atoms with Gasteiger partial charge in [-0.3, -0.25) is 0 Å². The first kappa shape index (κ1) is 10.3. The molecule has 4 nitrogen and oxygen atoms in total. The summed E-state index contributed by atoms with van der Waals surface area (Å²) >= 11 is 0. The third kappa shape index (κ3) is 3.63. The van der Waals surface area contributed by atoms with Crippen molar-refractivity contribution in [3.63, 3.8) is 0 Å². The van der Waals surface area contributed by atoms with Crippen molar-refractivity contribution < 1.29 is 15.0 Å². The van der Waals surface area contributed by atoms with Crippen molar-refractivity contribution >= 4 is 6.09 Å². The molecule has 0 aliphatic heterocycles. The Bertz CT molecular complexity index is 166. The summed E-state index contributed by atoms with van der Waals surface area (Å²) in [4.78, 5) is 10.3. The molecule has 1 aliphatic rings. The van der Waals surface area contributed by atoms with E-state index < -0.39 is 6.09 Å².